The Morgan fingerprint density at radius 2 is 2.05 bits per heavy atom. The minimum atomic E-state index is 0.513. The van der Waals surface area contributed by atoms with Crippen LogP contribution in [0.4, 0.5) is 5.95 Å². The molecule has 2 heterocycles. The van der Waals surface area contributed by atoms with Gasteiger partial charge in [-0.05, 0) is 24.3 Å². The maximum absolute atomic E-state index is 5.77. The molecule has 2 rings (SSSR count). The van der Waals surface area contributed by atoms with Gasteiger partial charge < -0.3 is 14.8 Å². The number of thiophene rings is 1. The Labute approximate surface area is 129 Å². The van der Waals surface area contributed by atoms with Crippen molar-refractivity contribution in [1.82, 2.24) is 9.97 Å². The summed E-state index contributed by atoms with van der Waals surface area (Å²) in [6.07, 6.45) is 3.27. The highest BCUT2D eigenvalue weighted by atomic mass is 32.1. The summed E-state index contributed by atoms with van der Waals surface area (Å²) >= 11 is 1.60. The first-order valence-corrected chi connectivity index (χ1v) is 8.42. The van der Waals surface area contributed by atoms with Crippen LogP contribution in [0.25, 0.3) is 10.2 Å². The molecule has 0 spiro atoms. The normalized spacial score (nSPS) is 11.0. The predicted octanol–water partition coefficient (Wildman–Crippen LogP) is 3.71. The van der Waals surface area contributed by atoms with Gasteiger partial charge in [0.05, 0.1) is 12.0 Å². The van der Waals surface area contributed by atoms with Crippen LogP contribution in [0.15, 0.2) is 11.4 Å². The lowest BCUT2D eigenvalue weighted by atomic mass is 10.4. The van der Waals surface area contributed by atoms with Crippen molar-refractivity contribution in [3.63, 3.8) is 0 Å². The maximum Gasteiger partial charge on any atom is 0.227 e. The van der Waals surface area contributed by atoms with Crippen LogP contribution in [0.2, 0.25) is 0 Å². The van der Waals surface area contributed by atoms with Crippen molar-refractivity contribution >= 4 is 27.5 Å². The largest absolute Gasteiger partial charge is 0.475 e. The summed E-state index contributed by atoms with van der Waals surface area (Å²) in [7, 11) is 0. The van der Waals surface area contributed by atoms with Crippen LogP contribution < -0.4 is 10.1 Å². The highest BCUT2D eigenvalue weighted by molar-refractivity contribution is 7.16. The third-order valence-corrected chi connectivity index (χ3v) is 3.74. The standard InChI is InChI=1S/C15H23N3O2S/c1-3-5-8-19-9-10-20-13-12-6-11-21-14(12)18-15(17-13)16-7-4-2/h6,11H,3-5,7-10H2,1-2H3,(H,16,17,18). The summed E-state index contributed by atoms with van der Waals surface area (Å²) in [5.74, 6) is 1.27. The minimum Gasteiger partial charge on any atom is -0.475 e. The van der Waals surface area contributed by atoms with Crippen LogP contribution in [0, 0.1) is 0 Å². The van der Waals surface area contributed by atoms with Gasteiger partial charge in [0, 0.05) is 13.2 Å². The number of anilines is 1. The van der Waals surface area contributed by atoms with E-state index in [0.29, 0.717) is 25.0 Å². The molecular formula is C15H23N3O2S. The molecule has 21 heavy (non-hydrogen) atoms. The molecule has 5 nitrogen and oxygen atoms in total. The number of hydrogen-bond acceptors (Lipinski definition) is 6. The zero-order valence-corrected chi connectivity index (χ0v) is 13.5. The van der Waals surface area contributed by atoms with E-state index in [0.717, 1.165) is 42.6 Å². The number of nitrogens with zero attached hydrogens (tertiary/aromatic N) is 2. The van der Waals surface area contributed by atoms with E-state index in [1.54, 1.807) is 11.3 Å². The van der Waals surface area contributed by atoms with Crippen LogP contribution in [-0.4, -0.2) is 36.3 Å². The van der Waals surface area contributed by atoms with Crippen molar-refractivity contribution in [2.45, 2.75) is 33.1 Å². The molecule has 0 aliphatic heterocycles. The maximum atomic E-state index is 5.77. The summed E-state index contributed by atoms with van der Waals surface area (Å²) in [5.41, 5.74) is 0. The van der Waals surface area contributed by atoms with Crippen molar-refractivity contribution in [3.05, 3.63) is 11.4 Å². The van der Waals surface area contributed by atoms with Gasteiger partial charge in [-0.2, -0.15) is 4.98 Å². The number of rotatable bonds is 10. The van der Waals surface area contributed by atoms with Gasteiger partial charge in [-0.25, -0.2) is 4.98 Å². The molecule has 0 aliphatic rings. The fraction of sp³-hybridized carbons (Fsp3) is 0.600. The van der Waals surface area contributed by atoms with Gasteiger partial charge in [0.15, 0.2) is 0 Å². The van der Waals surface area contributed by atoms with Gasteiger partial charge in [0.2, 0.25) is 11.8 Å². The topological polar surface area (TPSA) is 56.3 Å². The van der Waals surface area contributed by atoms with Crippen LogP contribution in [0.3, 0.4) is 0 Å². The van der Waals surface area contributed by atoms with E-state index >= 15 is 0 Å². The van der Waals surface area contributed by atoms with Crippen molar-refractivity contribution in [2.75, 3.05) is 31.7 Å². The molecule has 0 unspecified atom stereocenters. The third-order valence-electron chi connectivity index (χ3n) is 2.93. The Hall–Kier alpha value is -1.40. The van der Waals surface area contributed by atoms with E-state index in [1.807, 2.05) is 11.4 Å². The van der Waals surface area contributed by atoms with Gasteiger partial charge in [0.1, 0.15) is 11.4 Å². The highest BCUT2D eigenvalue weighted by Gasteiger charge is 2.09. The SMILES string of the molecule is CCCCOCCOc1nc(NCCC)nc2sccc12. The minimum absolute atomic E-state index is 0.513. The van der Waals surface area contributed by atoms with E-state index < -0.39 is 0 Å². The number of fused-ring (bicyclic) bond motifs is 1. The zero-order chi connectivity index (χ0) is 14.9. The van der Waals surface area contributed by atoms with Gasteiger partial charge in [-0.1, -0.05) is 20.3 Å². The number of aromatic nitrogens is 2. The number of hydrogen-bond donors (Lipinski definition) is 1. The van der Waals surface area contributed by atoms with Crippen LogP contribution in [-0.2, 0) is 4.74 Å². The molecule has 1 N–H and O–H groups in total. The summed E-state index contributed by atoms with van der Waals surface area (Å²) in [5, 5.41) is 6.18. The Morgan fingerprint density at radius 1 is 1.14 bits per heavy atom. The van der Waals surface area contributed by atoms with Gasteiger partial charge >= 0.3 is 0 Å². The number of nitrogens with one attached hydrogen (secondary N) is 1. The Bertz CT molecular complexity index is 545. The fourth-order valence-corrected chi connectivity index (χ4v) is 2.55. The molecule has 116 valence electrons. The van der Waals surface area contributed by atoms with E-state index in [1.165, 1.54) is 0 Å². The molecular weight excluding hydrogens is 286 g/mol. The molecule has 2 aromatic heterocycles. The first-order chi connectivity index (χ1) is 10.3. The molecule has 2 aromatic rings. The highest BCUT2D eigenvalue weighted by Crippen LogP contribution is 2.28. The molecule has 0 amide bonds. The molecule has 0 aliphatic carbocycles. The van der Waals surface area contributed by atoms with Gasteiger partial charge in [-0.15, -0.1) is 11.3 Å². The van der Waals surface area contributed by atoms with E-state index in [4.69, 9.17) is 9.47 Å². The summed E-state index contributed by atoms with van der Waals surface area (Å²) in [6.45, 7) is 7.02. The Kier molecular flexibility index (Phi) is 6.69. The van der Waals surface area contributed by atoms with E-state index in [-0.39, 0.29) is 0 Å². The predicted molar refractivity (Wildman–Crippen MR) is 87.4 cm³/mol. The molecule has 0 saturated carbocycles. The first kappa shape index (κ1) is 16.0. The van der Waals surface area contributed by atoms with Crippen molar-refractivity contribution in [1.29, 1.82) is 0 Å². The number of ether oxygens (including phenoxy) is 2. The van der Waals surface area contributed by atoms with Gasteiger partial charge in [0.25, 0.3) is 0 Å². The Balaban J connectivity index is 1.95. The van der Waals surface area contributed by atoms with Crippen molar-refractivity contribution in [3.8, 4) is 5.88 Å². The molecule has 0 bridgehead atoms. The molecule has 0 fully saturated rings. The summed E-state index contributed by atoms with van der Waals surface area (Å²) in [4.78, 5) is 9.89. The average molecular weight is 309 g/mol. The molecule has 0 aromatic carbocycles. The molecule has 6 heteroatoms. The monoisotopic (exact) mass is 309 g/mol. The second-order valence-electron chi connectivity index (χ2n) is 4.73. The van der Waals surface area contributed by atoms with Crippen molar-refractivity contribution < 1.29 is 9.47 Å². The quantitative estimate of drug-likeness (QED) is 0.678. The van der Waals surface area contributed by atoms with Crippen molar-refractivity contribution in [2.24, 2.45) is 0 Å². The second kappa shape index (κ2) is 8.79. The van der Waals surface area contributed by atoms with E-state index in [2.05, 4.69) is 29.1 Å². The third kappa shape index (κ3) is 4.82. The van der Waals surface area contributed by atoms with E-state index in [9.17, 15) is 0 Å². The summed E-state index contributed by atoms with van der Waals surface area (Å²) < 4.78 is 11.3. The summed E-state index contributed by atoms with van der Waals surface area (Å²) in [6, 6.07) is 2.00. The average Bonchev–Trinajstić information content (AvgIpc) is 2.97. The first-order valence-electron chi connectivity index (χ1n) is 7.54. The fourth-order valence-electron chi connectivity index (χ4n) is 1.80. The molecule has 0 radical (unpaired) electrons. The molecule has 0 saturated heterocycles. The zero-order valence-electron chi connectivity index (χ0n) is 12.7. The second-order valence-corrected chi connectivity index (χ2v) is 5.63. The lowest BCUT2D eigenvalue weighted by molar-refractivity contribution is 0.0971. The number of unbranched alkanes of at least 4 members (excludes halogenated alkanes) is 1. The van der Waals surface area contributed by atoms with Crippen LogP contribution in [0.1, 0.15) is 33.1 Å². The van der Waals surface area contributed by atoms with Crippen LogP contribution >= 0.6 is 11.3 Å². The molecule has 0 atom stereocenters. The van der Waals surface area contributed by atoms with Gasteiger partial charge in [-0.3, -0.25) is 0 Å². The van der Waals surface area contributed by atoms with Crippen LogP contribution in [0.5, 0.6) is 5.88 Å². The lowest BCUT2D eigenvalue weighted by Crippen LogP contribution is -2.10. The smallest absolute Gasteiger partial charge is 0.227 e. The Morgan fingerprint density at radius 3 is 2.86 bits per heavy atom. The lowest BCUT2D eigenvalue weighted by Gasteiger charge is -2.09.